The minimum atomic E-state index is -1.23. The summed E-state index contributed by atoms with van der Waals surface area (Å²) in [6.45, 7) is 1.65. The Hall–Kier alpha value is -4.53. The smallest absolute Gasteiger partial charge is 0.352 e. The molecule has 0 unspecified atom stereocenters. The standard InChI is InChI=1S/C22H20N8O6S/c1-10-8-37-20-14(19(33)30(20)15(10)21(34)35)25-17(31)12(11-6-4-3-5-7-11)24-18(32)13-16-26-27-28(2)22(36)29(16)9-23-13/h3-7,9,12,14,20H,8H2,1-2H3,(H,24,32)(H,25,31)(H,34,35)/t12-,14+,20+/m0/s1. The van der Waals surface area contributed by atoms with E-state index in [-0.39, 0.29) is 17.0 Å². The van der Waals surface area contributed by atoms with Crippen LogP contribution >= 0.6 is 11.8 Å². The Morgan fingerprint density at radius 2 is 1.92 bits per heavy atom. The summed E-state index contributed by atoms with van der Waals surface area (Å²) in [4.78, 5) is 68.3. The predicted octanol–water partition coefficient (Wildman–Crippen LogP) is -0.947. The first-order valence-electron chi connectivity index (χ1n) is 11.0. The van der Waals surface area contributed by atoms with E-state index in [0.29, 0.717) is 16.9 Å². The van der Waals surface area contributed by atoms with E-state index in [1.807, 2.05) is 0 Å². The number of β-lactam (4-membered cyclic amide) rings is 1. The number of benzene rings is 1. The molecule has 4 heterocycles. The van der Waals surface area contributed by atoms with Gasteiger partial charge in [0.1, 0.15) is 29.5 Å². The molecular weight excluding hydrogens is 504 g/mol. The number of carboxylic acid groups (broad SMARTS) is 1. The topological polar surface area (TPSA) is 181 Å². The summed E-state index contributed by atoms with van der Waals surface area (Å²) in [5, 5.41) is 21.7. The fourth-order valence-electron chi connectivity index (χ4n) is 4.20. The van der Waals surface area contributed by atoms with Crippen LogP contribution in [0.2, 0.25) is 0 Å². The molecule has 3 N–H and O–H groups in total. The van der Waals surface area contributed by atoms with Gasteiger partial charge in [-0.1, -0.05) is 35.5 Å². The number of carbonyl (C=O) groups is 4. The van der Waals surface area contributed by atoms with Gasteiger partial charge in [0.2, 0.25) is 5.91 Å². The van der Waals surface area contributed by atoms with E-state index in [0.717, 1.165) is 15.4 Å². The quantitative estimate of drug-likeness (QED) is 0.340. The number of imidazole rings is 1. The molecule has 3 aromatic rings. The summed E-state index contributed by atoms with van der Waals surface area (Å²) < 4.78 is 2.03. The predicted molar refractivity (Wildman–Crippen MR) is 128 cm³/mol. The van der Waals surface area contributed by atoms with Gasteiger partial charge in [0.15, 0.2) is 11.3 Å². The fourth-order valence-corrected chi connectivity index (χ4v) is 5.49. The zero-order valence-electron chi connectivity index (χ0n) is 19.5. The van der Waals surface area contributed by atoms with Gasteiger partial charge in [0.05, 0.1) is 0 Å². The molecule has 1 fully saturated rings. The maximum Gasteiger partial charge on any atom is 0.352 e. The number of hydrogen-bond donors (Lipinski definition) is 3. The molecule has 0 radical (unpaired) electrons. The second kappa shape index (κ2) is 9.16. The van der Waals surface area contributed by atoms with Crippen molar-refractivity contribution in [3.8, 4) is 0 Å². The number of thioether (sulfide) groups is 1. The number of carbonyl (C=O) groups excluding carboxylic acids is 3. The van der Waals surface area contributed by atoms with Gasteiger partial charge in [-0.15, -0.1) is 16.9 Å². The molecular formula is C22H20N8O6S. The van der Waals surface area contributed by atoms with Crippen LogP contribution in [-0.2, 0) is 21.4 Å². The Labute approximate surface area is 212 Å². The Balaban J connectivity index is 1.40. The molecule has 1 aromatic carbocycles. The van der Waals surface area contributed by atoms with Gasteiger partial charge in [-0.05, 0) is 18.1 Å². The molecule has 0 spiro atoms. The van der Waals surface area contributed by atoms with Crippen molar-refractivity contribution in [1.82, 2.24) is 39.9 Å². The van der Waals surface area contributed by atoms with Crippen molar-refractivity contribution in [2.45, 2.75) is 24.4 Å². The molecule has 2 aromatic heterocycles. The molecule has 15 heteroatoms. The molecule has 1 saturated heterocycles. The number of fused-ring (bicyclic) bond motifs is 2. The van der Waals surface area contributed by atoms with E-state index >= 15 is 0 Å². The Bertz CT molecular complexity index is 1550. The normalized spacial score (nSPS) is 19.7. The van der Waals surface area contributed by atoms with Crippen molar-refractivity contribution in [1.29, 1.82) is 0 Å². The van der Waals surface area contributed by atoms with Gasteiger partial charge in [-0.25, -0.2) is 19.0 Å². The molecule has 37 heavy (non-hydrogen) atoms. The zero-order chi connectivity index (χ0) is 26.4. The van der Waals surface area contributed by atoms with E-state index in [4.69, 9.17) is 0 Å². The summed E-state index contributed by atoms with van der Waals surface area (Å²) >= 11 is 1.34. The van der Waals surface area contributed by atoms with Crippen LogP contribution in [0.15, 0.2) is 52.7 Å². The van der Waals surface area contributed by atoms with Crippen LogP contribution in [0.25, 0.3) is 5.65 Å². The highest BCUT2D eigenvalue weighted by Gasteiger charge is 2.54. The van der Waals surface area contributed by atoms with Crippen LogP contribution < -0.4 is 16.3 Å². The molecule has 3 atom stereocenters. The van der Waals surface area contributed by atoms with Crippen LogP contribution in [0.4, 0.5) is 0 Å². The fraction of sp³-hybridized carbons (Fsp3) is 0.273. The number of carboxylic acids is 1. The number of rotatable bonds is 6. The zero-order valence-corrected chi connectivity index (χ0v) is 20.3. The Morgan fingerprint density at radius 1 is 1.19 bits per heavy atom. The number of aryl methyl sites for hydroxylation is 1. The highest BCUT2D eigenvalue weighted by molar-refractivity contribution is 8.00. The molecule has 5 rings (SSSR count). The minimum Gasteiger partial charge on any atom is -0.477 e. The van der Waals surface area contributed by atoms with Gasteiger partial charge in [0, 0.05) is 12.8 Å². The molecule has 14 nitrogen and oxygen atoms in total. The van der Waals surface area contributed by atoms with Crippen molar-refractivity contribution >= 4 is 41.1 Å². The third kappa shape index (κ3) is 4.02. The molecule has 190 valence electrons. The number of amides is 3. The maximum atomic E-state index is 13.4. The van der Waals surface area contributed by atoms with Crippen molar-refractivity contribution in [3.05, 3.63) is 69.7 Å². The van der Waals surface area contributed by atoms with Crippen LogP contribution in [0.5, 0.6) is 0 Å². The summed E-state index contributed by atoms with van der Waals surface area (Å²) in [6.07, 6.45) is 1.14. The number of nitrogens with zero attached hydrogens (tertiary/aromatic N) is 6. The maximum absolute atomic E-state index is 13.4. The van der Waals surface area contributed by atoms with Crippen LogP contribution in [-0.4, -0.2) is 75.2 Å². The van der Waals surface area contributed by atoms with Crippen molar-refractivity contribution < 1.29 is 24.3 Å². The number of aromatic nitrogens is 5. The van der Waals surface area contributed by atoms with Crippen LogP contribution in [0.3, 0.4) is 0 Å². The number of nitrogens with one attached hydrogen (secondary N) is 2. The van der Waals surface area contributed by atoms with E-state index < -0.39 is 46.8 Å². The van der Waals surface area contributed by atoms with Gasteiger partial charge < -0.3 is 15.7 Å². The molecule has 2 aliphatic rings. The van der Waals surface area contributed by atoms with Gasteiger partial charge >= 0.3 is 11.7 Å². The lowest BCUT2D eigenvalue weighted by molar-refractivity contribution is -0.151. The van der Waals surface area contributed by atoms with Crippen molar-refractivity contribution in [3.63, 3.8) is 0 Å². The van der Waals surface area contributed by atoms with E-state index in [9.17, 15) is 29.1 Å². The molecule has 0 saturated carbocycles. The largest absolute Gasteiger partial charge is 0.477 e. The summed E-state index contributed by atoms with van der Waals surface area (Å²) in [6, 6.07) is 6.17. The SMILES string of the molecule is CC1=C(C(=O)O)N2C(=O)[C@@H](NC(=O)[C@@H](NC(=O)c3ncn4c(=O)n(C)nnc34)c3ccccc3)[C@H]2SC1. The second-order valence-electron chi connectivity index (χ2n) is 8.43. The number of aliphatic carboxylic acids is 1. The lowest BCUT2D eigenvalue weighted by atomic mass is 10.0. The highest BCUT2D eigenvalue weighted by Crippen LogP contribution is 2.40. The van der Waals surface area contributed by atoms with Gasteiger partial charge in [-0.2, -0.15) is 4.68 Å². The number of hydrogen-bond acceptors (Lipinski definition) is 9. The molecule has 0 bridgehead atoms. The molecule has 2 aliphatic heterocycles. The lowest BCUT2D eigenvalue weighted by Crippen LogP contribution is -2.71. The van der Waals surface area contributed by atoms with E-state index in [1.165, 1.54) is 23.7 Å². The van der Waals surface area contributed by atoms with Crippen LogP contribution in [0.1, 0.15) is 29.0 Å². The van der Waals surface area contributed by atoms with Crippen molar-refractivity contribution in [2.24, 2.45) is 7.05 Å². The lowest BCUT2D eigenvalue weighted by Gasteiger charge is -2.49. The van der Waals surface area contributed by atoms with Crippen molar-refractivity contribution in [2.75, 3.05) is 5.75 Å². The minimum absolute atomic E-state index is 0.0777. The average Bonchev–Trinajstić information content (AvgIpc) is 3.33. The first kappa shape index (κ1) is 24.2. The van der Waals surface area contributed by atoms with Gasteiger partial charge in [-0.3, -0.25) is 19.3 Å². The third-order valence-corrected chi connectivity index (χ3v) is 7.47. The van der Waals surface area contributed by atoms with E-state index in [1.54, 1.807) is 37.3 Å². The van der Waals surface area contributed by atoms with Crippen LogP contribution in [0, 0.1) is 0 Å². The Morgan fingerprint density at radius 3 is 2.62 bits per heavy atom. The second-order valence-corrected chi connectivity index (χ2v) is 9.53. The monoisotopic (exact) mass is 524 g/mol. The summed E-state index contributed by atoms with van der Waals surface area (Å²) in [7, 11) is 1.40. The summed E-state index contributed by atoms with van der Waals surface area (Å²) in [5.74, 6) is -2.82. The average molecular weight is 525 g/mol. The molecule has 3 amide bonds. The van der Waals surface area contributed by atoms with E-state index in [2.05, 4.69) is 25.9 Å². The Kier molecular flexibility index (Phi) is 5.99. The first-order chi connectivity index (χ1) is 17.7. The van der Waals surface area contributed by atoms with Gasteiger partial charge in [0.25, 0.3) is 11.8 Å². The first-order valence-corrected chi connectivity index (χ1v) is 12.0. The molecule has 0 aliphatic carbocycles. The summed E-state index contributed by atoms with van der Waals surface area (Å²) in [5.41, 5.74) is 0.0641. The third-order valence-electron chi connectivity index (χ3n) is 6.04. The highest BCUT2D eigenvalue weighted by atomic mass is 32.2.